The van der Waals surface area contributed by atoms with Gasteiger partial charge in [-0.3, -0.25) is 9.59 Å². The van der Waals surface area contributed by atoms with Gasteiger partial charge in [-0.25, -0.2) is 4.79 Å². The van der Waals surface area contributed by atoms with Crippen molar-refractivity contribution < 1.29 is 28.3 Å². The van der Waals surface area contributed by atoms with Gasteiger partial charge in [0.15, 0.2) is 6.61 Å². The highest BCUT2D eigenvalue weighted by molar-refractivity contribution is 5.88. The summed E-state index contributed by atoms with van der Waals surface area (Å²) >= 11 is 0. The molecule has 0 saturated heterocycles. The van der Waals surface area contributed by atoms with Gasteiger partial charge >= 0.3 is 11.9 Å². The van der Waals surface area contributed by atoms with Crippen LogP contribution in [0.15, 0.2) is 28.9 Å². The van der Waals surface area contributed by atoms with E-state index < -0.39 is 11.9 Å². The summed E-state index contributed by atoms with van der Waals surface area (Å²) in [5.74, 6) is -0.853. The van der Waals surface area contributed by atoms with Gasteiger partial charge in [-0.2, -0.15) is 0 Å². The highest BCUT2D eigenvalue weighted by Gasteiger charge is 2.06. The molecule has 0 aliphatic heterocycles. The van der Waals surface area contributed by atoms with Crippen molar-refractivity contribution in [2.75, 3.05) is 19.8 Å². The van der Waals surface area contributed by atoms with E-state index in [0.29, 0.717) is 25.3 Å². The Labute approximate surface area is 128 Å². The van der Waals surface area contributed by atoms with E-state index in [9.17, 15) is 14.4 Å². The summed E-state index contributed by atoms with van der Waals surface area (Å²) in [6, 6.07) is 3.37. The first kappa shape index (κ1) is 17.5. The molecule has 1 N–H and O–H groups in total. The Morgan fingerprint density at radius 1 is 1.32 bits per heavy atom. The summed E-state index contributed by atoms with van der Waals surface area (Å²) in [5, 5.41) is 2.54. The average Bonchev–Trinajstić information content (AvgIpc) is 3.01. The zero-order valence-corrected chi connectivity index (χ0v) is 12.4. The van der Waals surface area contributed by atoms with Crippen molar-refractivity contribution in [3.63, 3.8) is 0 Å². The molecule has 1 amide bonds. The third-order valence-corrected chi connectivity index (χ3v) is 2.46. The molecular formula is C15H19NO6. The van der Waals surface area contributed by atoms with Crippen molar-refractivity contribution >= 4 is 23.9 Å². The molecule has 0 unspecified atom stereocenters. The van der Waals surface area contributed by atoms with Gasteiger partial charge in [0.1, 0.15) is 5.76 Å². The van der Waals surface area contributed by atoms with Crippen molar-refractivity contribution in [2.45, 2.75) is 19.8 Å². The Bertz CT molecular complexity index is 506. The first-order chi connectivity index (χ1) is 10.6. The van der Waals surface area contributed by atoms with Crippen LogP contribution in [0.25, 0.3) is 6.08 Å². The van der Waals surface area contributed by atoms with Crippen molar-refractivity contribution in [3.8, 4) is 0 Å². The molecule has 0 aliphatic rings. The lowest BCUT2D eigenvalue weighted by Crippen LogP contribution is -2.29. The zero-order chi connectivity index (χ0) is 16.2. The van der Waals surface area contributed by atoms with Crippen molar-refractivity contribution in [1.82, 2.24) is 5.32 Å². The topological polar surface area (TPSA) is 94.8 Å². The molecular weight excluding hydrogens is 290 g/mol. The molecule has 0 radical (unpaired) electrons. The molecule has 0 aromatic carbocycles. The fourth-order valence-corrected chi connectivity index (χ4v) is 1.47. The summed E-state index contributed by atoms with van der Waals surface area (Å²) in [7, 11) is 0. The summed E-state index contributed by atoms with van der Waals surface area (Å²) < 4.78 is 14.5. The maximum Gasteiger partial charge on any atom is 0.331 e. The van der Waals surface area contributed by atoms with Gasteiger partial charge in [0.25, 0.3) is 5.91 Å². The van der Waals surface area contributed by atoms with Gasteiger partial charge in [0, 0.05) is 19.0 Å². The van der Waals surface area contributed by atoms with Gasteiger partial charge < -0.3 is 19.2 Å². The fraction of sp³-hybridized carbons (Fsp3) is 0.400. The standard InChI is InChI=1S/C15H19NO6/c1-2-20-14(18)6-3-9-16-13(17)11-22-15(19)8-7-12-5-4-10-21-12/h4-5,7-8,10H,2-3,6,9,11H2,1H3,(H,16,17). The SMILES string of the molecule is CCOC(=O)CCCNC(=O)COC(=O)C=Cc1ccco1. The molecule has 7 heteroatoms. The Morgan fingerprint density at radius 3 is 2.82 bits per heavy atom. The first-order valence-corrected chi connectivity index (χ1v) is 6.92. The summed E-state index contributed by atoms with van der Waals surface area (Å²) in [5.41, 5.74) is 0. The second-order valence-corrected chi connectivity index (χ2v) is 4.21. The second-order valence-electron chi connectivity index (χ2n) is 4.21. The number of hydrogen-bond acceptors (Lipinski definition) is 6. The van der Waals surface area contributed by atoms with E-state index in [0.717, 1.165) is 0 Å². The first-order valence-electron chi connectivity index (χ1n) is 6.92. The van der Waals surface area contributed by atoms with E-state index in [1.165, 1.54) is 18.4 Å². The molecule has 1 aromatic heterocycles. The van der Waals surface area contributed by atoms with Gasteiger partial charge in [0.05, 0.1) is 12.9 Å². The van der Waals surface area contributed by atoms with E-state index >= 15 is 0 Å². The zero-order valence-electron chi connectivity index (χ0n) is 12.4. The van der Waals surface area contributed by atoms with Crippen LogP contribution in [0.3, 0.4) is 0 Å². The Morgan fingerprint density at radius 2 is 2.14 bits per heavy atom. The van der Waals surface area contributed by atoms with Crippen LogP contribution in [0, 0.1) is 0 Å². The lowest BCUT2D eigenvalue weighted by Gasteiger charge is -2.05. The summed E-state index contributed by atoms with van der Waals surface area (Å²) in [6.45, 7) is 2.01. The largest absolute Gasteiger partial charge is 0.466 e. The van der Waals surface area contributed by atoms with Gasteiger partial charge in [-0.1, -0.05) is 0 Å². The van der Waals surface area contributed by atoms with Crippen LogP contribution in [0.5, 0.6) is 0 Å². The number of rotatable bonds is 9. The number of esters is 2. The van der Waals surface area contributed by atoms with Crippen LogP contribution in [-0.4, -0.2) is 37.6 Å². The lowest BCUT2D eigenvalue weighted by molar-refractivity contribution is -0.143. The number of carbonyl (C=O) groups excluding carboxylic acids is 3. The average molecular weight is 309 g/mol. The van der Waals surface area contributed by atoms with E-state index in [4.69, 9.17) is 13.9 Å². The molecule has 22 heavy (non-hydrogen) atoms. The van der Waals surface area contributed by atoms with E-state index in [1.807, 2.05) is 0 Å². The molecule has 0 spiro atoms. The monoisotopic (exact) mass is 309 g/mol. The second kappa shape index (κ2) is 10.2. The van der Waals surface area contributed by atoms with Crippen LogP contribution in [0.2, 0.25) is 0 Å². The number of furan rings is 1. The minimum absolute atomic E-state index is 0.236. The highest BCUT2D eigenvalue weighted by atomic mass is 16.5. The summed E-state index contributed by atoms with van der Waals surface area (Å²) in [4.78, 5) is 33.8. The highest BCUT2D eigenvalue weighted by Crippen LogP contribution is 2.02. The minimum Gasteiger partial charge on any atom is -0.466 e. The number of amides is 1. The number of nitrogens with one attached hydrogen (secondary N) is 1. The van der Waals surface area contributed by atoms with Gasteiger partial charge in [-0.15, -0.1) is 0 Å². The van der Waals surface area contributed by atoms with Crippen LogP contribution in [0.1, 0.15) is 25.5 Å². The molecule has 0 saturated carbocycles. The van der Waals surface area contributed by atoms with Crippen LogP contribution < -0.4 is 5.32 Å². The van der Waals surface area contributed by atoms with Gasteiger partial charge in [-0.05, 0) is 31.6 Å². The molecule has 0 bridgehead atoms. The third-order valence-electron chi connectivity index (χ3n) is 2.46. The maximum atomic E-state index is 11.4. The van der Waals surface area contributed by atoms with Crippen LogP contribution in [-0.2, 0) is 23.9 Å². The molecule has 120 valence electrons. The fourth-order valence-electron chi connectivity index (χ4n) is 1.47. The Kier molecular flexibility index (Phi) is 8.10. The normalized spacial score (nSPS) is 10.4. The van der Waals surface area contributed by atoms with Gasteiger partial charge in [0.2, 0.25) is 0 Å². The predicted octanol–water partition coefficient (Wildman–Crippen LogP) is 1.30. The molecule has 1 rings (SSSR count). The molecule has 1 aromatic rings. The smallest absolute Gasteiger partial charge is 0.331 e. The predicted molar refractivity (Wildman–Crippen MR) is 77.6 cm³/mol. The molecule has 7 nitrogen and oxygen atoms in total. The molecule has 0 fully saturated rings. The van der Waals surface area contributed by atoms with Crippen LogP contribution >= 0.6 is 0 Å². The Hall–Kier alpha value is -2.57. The lowest BCUT2D eigenvalue weighted by atomic mass is 10.3. The van der Waals surface area contributed by atoms with E-state index in [-0.39, 0.29) is 19.0 Å². The Balaban J connectivity index is 2.10. The molecule has 0 atom stereocenters. The summed E-state index contributed by atoms with van der Waals surface area (Å²) in [6.07, 6.45) is 4.80. The number of hydrogen-bond donors (Lipinski definition) is 1. The quantitative estimate of drug-likeness (QED) is 0.420. The minimum atomic E-state index is -0.641. The van der Waals surface area contributed by atoms with Crippen molar-refractivity contribution in [1.29, 1.82) is 0 Å². The van der Waals surface area contributed by atoms with Crippen molar-refractivity contribution in [3.05, 3.63) is 30.2 Å². The van der Waals surface area contributed by atoms with Crippen LogP contribution in [0.4, 0.5) is 0 Å². The van der Waals surface area contributed by atoms with Crippen molar-refractivity contribution in [2.24, 2.45) is 0 Å². The molecule has 0 aliphatic carbocycles. The molecule has 1 heterocycles. The number of carbonyl (C=O) groups is 3. The number of ether oxygens (including phenoxy) is 2. The van der Waals surface area contributed by atoms with E-state index in [2.05, 4.69) is 5.32 Å². The third kappa shape index (κ3) is 7.88. The maximum absolute atomic E-state index is 11.4. The van der Waals surface area contributed by atoms with E-state index in [1.54, 1.807) is 19.1 Å².